The molecule has 0 aliphatic rings. The van der Waals surface area contributed by atoms with Crippen molar-refractivity contribution >= 4 is 13.9 Å². The highest BCUT2D eigenvalue weighted by Gasteiger charge is 2.42. The molecule has 18 heavy (non-hydrogen) atoms. The number of benzene rings is 1. The Bertz CT molecular complexity index is 401. The summed E-state index contributed by atoms with van der Waals surface area (Å²) in [6.45, 7) is 13.5. The fourth-order valence-electron chi connectivity index (χ4n) is 2.29. The molecule has 0 fully saturated rings. The number of hydrogen-bond acceptors (Lipinski definition) is 1. The van der Waals surface area contributed by atoms with Crippen LogP contribution >= 0.6 is 0 Å². The van der Waals surface area contributed by atoms with Gasteiger partial charge in [-0.15, -0.1) is 0 Å². The molecule has 0 radical (unpaired) electrons. The first kappa shape index (κ1) is 15.2. The monoisotopic (exact) mass is 262 g/mol. The van der Waals surface area contributed by atoms with Gasteiger partial charge in [-0.05, 0) is 23.1 Å². The Morgan fingerprint density at radius 3 is 2.06 bits per heavy atom. The first-order valence-corrected chi connectivity index (χ1v) is 9.78. The first-order valence-electron chi connectivity index (χ1n) is 6.70. The number of hydrogen-bond donors (Lipinski definition) is 0. The summed E-state index contributed by atoms with van der Waals surface area (Å²) in [6.07, 6.45) is 0.681. The molecular weight excluding hydrogens is 236 g/mol. The third-order valence-electron chi connectivity index (χ3n) is 4.50. The van der Waals surface area contributed by atoms with E-state index in [1.807, 2.05) is 6.07 Å². The number of carbonyl (C=O) groups is 1. The maximum Gasteiger partial charge on any atom is 0.130 e. The topological polar surface area (TPSA) is 17.1 Å². The summed E-state index contributed by atoms with van der Waals surface area (Å²) in [4.78, 5) is 11.6. The highest BCUT2D eigenvalue weighted by molar-refractivity contribution is 6.81. The smallest absolute Gasteiger partial charge is 0.130 e. The molecule has 0 unspecified atom stereocenters. The van der Waals surface area contributed by atoms with E-state index in [4.69, 9.17) is 0 Å². The summed E-state index contributed by atoms with van der Waals surface area (Å²) in [5, 5.41) is 0.295. The van der Waals surface area contributed by atoms with E-state index in [0.717, 1.165) is 0 Å². The van der Waals surface area contributed by atoms with Gasteiger partial charge in [0.1, 0.15) is 5.78 Å². The van der Waals surface area contributed by atoms with Gasteiger partial charge in [0.15, 0.2) is 0 Å². The van der Waals surface area contributed by atoms with Crippen LogP contribution in [-0.4, -0.2) is 13.9 Å². The Morgan fingerprint density at radius 1 is 1.17 bits per heavy atom. The molecule has 0 saturated carbocycles. The van der Waals surface area contributed by atoms with Gasteiger partial charge in [0.05, 0.1) is 8.07 Å². The Labute approximate surface area is 113 Å². The zero-order valence-electron chi connectivity index (χ0n) is 12.6. The van der Waals surface area contributed by atoms with Crippen LogP contribution in [0.4, 0.5) is 0 Å². The molecule has 0 spiro atoms. The summed E-state index contributed by atoms with van der Waals surface area (Å²) in [5.74, 6) is 0.300. The molecule has 0 aromatic heterocycles. The van der Waals surface area contributed by atoms with Gasteiger partial charge in [0.2, 0.25) is 0 Å². The minimum absolute atomic E-state index is 0.295. The molecular formula is C16H26OSi. The van der Waals surface area contributed by atoms with Gasteiger partial charge in [0.25, 0.3) is 0 Å². The van der Waals surface area contributed by atoms with Crippen molar-refractivity contribution in [2.45, 2.75) is 57.8 Å². The molecule has 0 heterocycles. The van der Waals surface area contributed by atoms with Crippen LogP contribution in [0.15, 0.2) is 30.3 Å². The lowest BCUT2D eigenvalue weighted by Crippen LogP contribution is -2.44. The van der Waals surface area contributed by atoms with Crippen molar-refractivity contribution in [3.05, 3.63) is 35.9 Å². The molecule has 1 aromatic carbocycles. The molecule has 0 saturated heterocycles. The second kappa shape index (κ2) is 5.39. The van der Waals surface area contributed by atoms with E-state index in [1.165, 1.54) is 5.56 Å². The molecule has 1 aromatic rings. The number of rotatable bonds is 4. The number of Topliss-reactive ketones (excluding diaryl/α,β-unsaturated/α-hetero) is 1. The quantitative estimate of drug-likeness (QED) is 0.713. The van der Waals surface area contributed by atoms with Crippen molar-refractivity contribution in [1.29, 1.82) is 0 Å². The van der Waals surface area contributed by atoms with E-state index in [2.05, 4.69) is 58.1 Å². The van der Waals surface area contributed by atoms with Gasteiger partial charge < -0.3 is 4.79 Å². The molecule has 2 heteroatoms. The summed E-state index contributed by atoms with van der Waals surface area (Å²) < 4.78 is 0. The Kier molecular flexibility index (Phi) is 4.54. The second-order valence-corrected chi connectivity index (χ2v) is 12.5. The maximum absolute atomic E-state index is 11.6. The molecule has 1 nitrogen and oxygen atoms in total. The molecule has 0 bridgehead atoms. The highest BCUT2D eigenvalue weighted by atomic mass is 28.3. The van der Waals surface area contributed by atoms with Gasteiger partial charge in [-0.2, -0.15) is 0 Å². The third kappa shape index (κ3) is 3.32. The molecule has 1 rings (SSSR count). The average Bonchev–Trinajstić information content (AvgIpc) is 2.25. The van der Waals surface area contributed by atoms with E-state index in [0.29, 0.717) is 22.8 Å². The van der Waals surface area contributed by atoms with Gasteiger partial charge in [-0.25, -0.2) is 0 Å². The van der Waals surface area contributed by atoms with Gasteiger partial charge >= 0.3 is 0 Å². The molecule has 0 amide bonds. The number of carbonyl (C=O) groups excluding carboxylic acids is 1. The molecule has 0 N–H and O–H groups in total. The van der Waals surface area contributed by atoms with Crippen LogP contribution in [-0.2, 0) is 4.79 Å². The van der Waals surface area contributed by atoms with Crippen LogP contribution in [0.25, 0.3) is 0 Å². The first-order chi connectivity index (χ1) is 8.16. The summed E-state index contributed by atoms with van der Waals surface area (Å²) in [5.41, 5.74) is 1.75. The zero-order valence-corrected chi connectivity index (χ0v) is 13.6. The summed E-state index contributed by atoms with van der Waals surface area (Å²) >= 11 is 0. The van der Waals surface area contributed by atoms with Crippen LogP contribution in [0, 0.1) is 0 Å². The Morgan fingerprint density at radius 2 is 1.67 bits per heavy atom. The van der Waals surface area contributed by atoms with Crippen LogP contribution < -0.4 is 0 Å². The van der Waals surface area contributed by atoms with Gasteiger partial charge in [-0.3, -0.25) is 0 Å². The van der Waals surface area contributed by atoms with Gasteiger partial charge in [0, 0.05) is 6.42 Å². The normalized spacial score (nSPS) is 14.3. The largest absolute Gasteiger partial charge is 0.300 e. The van der Waals surface area contributed by atoms with Crippen LogP contribution in [0.3, 0.4) is 0 Å². The molecule has 1 atom stereocenters. The van der Waals surface area contributed by atoms with Crippen molar-refractivity contribution in [3.63, 3.8) is 0 Å². The van der Waals surface area contributed by atoms with Crippen LogP contribution in [0.1, 0.15) is 45.2 Å². The van der Waals surface area contributed by atoms with Crippen molar-refractivity contribution < 1.29 is 4.79 Å². The fraction of sp³-hybridized carbons (Fsp3) is 0.562. The van der Waals surface area contributed by atoms with Crippen molar-refractivity contribution in [1.82, 2.24) is 0 Å². The standard InChI is InChI=1S/C16H26OSi/c1-13(17)12-15(14-10-8-7-9-11-14)18(5,6)16(2,3)4/h7-11,15H,12H2,1-6H3/t15-/m0/s1. The van der Waals surface area contributed by atoms with Crippen molar-refractivity contribution in [2.75, 3.05) is 0 Å². The second-order valence-electron chi connectivity index (χ2n) is 6.84. The minimum atomic E-state index is -1.56. The fourth-order valence-corrected chi connectivity index (χ4v) is 5.15. The van der Waals surface area contributed by atoms with Crippen molar-refractivity contribution in [2.24, 2.45) is 0 Å². The highest BCUT2D eigenvalue weighted by Crippen LogP contribution is 2.46. The summed E-state index contributed by atoms with van der Waals surface area (Å²) in [6, 6.07) is 10.5. The van der Waals surface area contributed by atoms with E-state index >= 15 is 0 Å². The lowest BCUT2D eigenvalue weighted by atomic mass is 10.1. The Hall–Kier alpha value is -0.893. The SMILES string of the molecule is CC(=O)C[C@@H](c1ccccc1)[Si](C)(C)C(C)(C)C. The van der Waals surface area contributed by atoms with E-state index in [-0.39, 0.29) is 0 Å². The molecule has 0 aliphatic carbocycles. The van der Waals surface area contributed by atoms with Crippen LogP contribution in [0.2, 0.25) is 18.1 Å². The van der Waals surface area contributed by atoms with E-state index in [1.54, 1.807) is 6.92 Å². The Balaban J connectivity index is 3.18. The predicted molar refractivity (Wildman–Crippen MR) is 81.7 cm³/mol. The minimum Gasteiger partial charge on any atom is -0.300 e. The number of ketones is 1. The lowest BCUT2D eigenvalue weighted by Gasteiger charge is -2.43. The average molecular weight is 262 g/mol. The van der Waals surface area contributed by atoms with Crippen LogP contribution in [0.5, 0.6) is 0 Å². The molecule has 100 valence electrons. The third-order valence-corrected chi connectivity index (χ3v) is 10.6. The molecule has 0 aliphatic heterocycles. The van der Waals surface area contributed by atoms with Gasteiger partial charge in [-0.1, -0.05) is 64.2 Å². The lowest BCUT2D eigenvalue weighted by molar-refractivity contribution is -0.117. The zero-order chi connectivity index (χ0) is 14.0. The predicted octanol–water partition coefficient (Wildman–Crippen LogP) is 4.80. The van der Waals surface area contributed by atoms with E-state index in [9.17, 15) is 4.79 Å². The van der Waals surface area contributed by atoms with Crippen molar-refractivity contribution in [3.8, 4) is 0 Å². The maximum atomic E-state index is 11.6. The van der Waals surface area contributed by atoms with E-state index < -0.39 is 8.07 Å². The summed E-state index contributed by atoms with van der Waals surface area (Å²) in [7, 11) is -1.56.